The summed E-state index contributed by atoms with van der Waals surface area (Å²) in [4.78, 5) is 0. The molecular formula is C8H12S2. The van der Waals surface area contributed by atoms with E-state index in [1.165, 1.54) is 23.0 Å². The van der Waals surface area contributed by atoms with Crippen molar-refractivity contribution in [2.24, 2.45) is 0 Å². The number of thioether (sulfide) groups is 2. The Labute approximate surface area is 71.2 Å². The molecular weight excluding hydrogens is 160 g/mol. The smallest absolute Gasteiger partial charge is 0.0116 e. The average Bonchev–Trinajstić information content (AvgIpc) is 2.67. The lowest BCUT2D eigenvalue weighted by Crippen LogP contribution is -1.54. The highest BCUT2D eigenvalue weighted by atomic mass is 32.2. The van der Waals surface area contributed by atoms with Crippen molar-refractivity contribution in [3.63, 3.8) is 0 Å². The lowest BCUT2D eigenvalue weighted by molar-refractivity contribution is 1.78. The first-order valence-electron chi connectivity index (χ1n) is 3.45. The summed E-state index contributed by atoms with van der Waals surface area (Å²) in [7, 11) is 0. The van der Waals surface area contributed by atoms with Crippen LogP contribution in [-0.4, -0.2) is 23.0 Å². The zero-order chi connectivity index (χ0) is 7.07. The first-order valence-corrected chi connectivity index (χ1v) is 5.76. The Morgan fingerprint density at radius 2 is 0.900 bits per heavy atom. The van der Waals surface area contributed by atoms with Crippen molar-refractivity contribution in [1.29, 1.82) is 0 Å². The summed E-state index contributed by atoms with van der Waals surface area (Å²) in [5.41, 5.74) is 0. The highest BCUT2D eigenvalue weighted by Crippen LogP contribution is 2.06. The molecule has 0 aromatic carbocycles. The quantitative estimate of drug-likeness (QED) is 0.515. The molecule has 0 saturated carbocycles. The van der Waals surface area contributed by atoms with Crippen LogP contribution >= 0.6 is 23.5 Å². The van der Waals surface area contributed by atoms with E-state index in [4.69, 9.17) is 0 Å². The van der Waals surface area contributed by atoms with Crippen LogP contribution in [0.25, 0.3) is 0 Å². The lowest BCUT2D eigenvalue weighted by atomic mass is 10.6. The van der Waals surface area contributed by atoms with Crippen molar-refractivity contribution < 1.29 is 0 Å². The molecule has 0 bridgehead atoms. The fraction of sp³-hybridized carbons (Fsp3) is 0.500. The third-order valence-electron chi connectivity index (χ3n) is 1.19. The summed E-state index contributed by atoms with van der Waals surface area (Å²) >= 11 is 3.93. The molecule has 0 atom stereocenters. The van der Waals surface area contributed by atoms with E-state index in [1.807, 2.05) is 23.5 Å². The second-order valence-electron chi connectivity index (χ2n) is 2.02. The van der Waals surface area contributed by atoms with Gasteiger partial charge in [-0.05, 0) is 0 Å². The molecule has 10 heavy (non-hydrogen) atoms. The third-order valence-corrected chi connectivity index (χ3v) is 2.90. The van der Waals surface area contributed by atoms with E-state index < -0.39 is 0 Å². The summed E-state index contributed by atoms with van der Waals surface area (Å²) in [5.74, 6) is 4.94. The summed E-state index contributed by atoms with van der Waals surface area (Å²) < 4.78 is 0. The molecule has 0 unspecified atom stereocenters. The molecule has 0 aromatic heterocycles. The van der Waals surface area contributed by atoms with Crippen LogP contribution in [-0.2, 0) is 0 Å². The lowest BCUT2D eigenvalue weighted by Gasteiger charge is -1.70. The second-order valence-corrected chi connectivity index (χ2v) is 4.17. The van der Waals surface area contributed by atoms with Crippen LogP contribution < -0.4 is 0 Å². The Hall–Kier alpha value is 0.180. The van der Waals surface area contributed by atoms with Gasteiger partial charge in [0.1, 0.15) is 0 Å². The monoisotopic (exact) mass is 172 g/mol. The molecule has 2 heteroatoms. The molecule has 0 N–H and O–H groups in total. The summed E-state index contributed by atoms with van der Waals surface area (Å²) in [6.45, 7) is 0. The van der Waals surface area contributed by atoms with Crippen LogP contribution in [0, 0.1) is 0 Å². The van der Waals surface area contributed by atoms with Gasteiger partial charge in [-0.15, -0.1) is 0 Å². The van der Waals surface area contributed by atoms with E-state index in [9.17, 15) is 0 Å². The van der Waals surface area contributed by atoms with E-state index >= 15 is 0 Å². The minimum absolute atomic E-state index is 1.24. The van der Waals surface area contributed by atoms with Gasteiger partial charge in [-0.2, -0.15) is 23.5 Å². The zero-order valence-corrected chi connectivity index (χ0v) is 7.59. The van der Waals surface area contributed by atoms with Crippen LogP contribution in [0.15, 0.2) is 24.3 Å². The maximum atomic E-state index is 2.20. The van der Waals surface area contributed by atoms with Gasteiger partial charge in [0, 0.05) is 23.0 Å². The van der Waals surface area contributed by atoms with E-state index in [0.717, 1.165) is 0 Å². The molecule has 0 fully saturated rings. The maximum absolute atomic E-state index is 2.20. The van der Waals surface area contributed by atoms with E-state index in [2.05, 4.69) is 24.3 Å². The highest BCUT2D eigenvalue weighted by Gasteiger charge is 1.85. The van der Waals surface area contributed by atoms with E-state index in [1.54, 1.807) is 0 Å². The standard InChI is InChI=1S/2C4H6S/c2*1-2-4-5-3-1/h2*1-2H,3-4H2. The topological polar surface area (TPSA) is 0 Å². The summed E-state index contributed by atoms with van der Waals surface area (Å²) in [6.07, 6.45) is 8.80. The molecule has 0 aliphatic carbocycles. The van der Waals surface area contributed by atoms with Crippen molar-refractivity contribution in [2.45, 2.75) is 0 Å². The first-order chi connectivity index (χ1) is 5.00. The van der Waals surface area contributed by atoms with Gasteiger partial charge in [-0.3, -0.25) is 0 Å². The SMILES string of the molecule is C1=CCSC1.C1=CCSC1. The third kappa shape index (κ3) is 4.07. The van der Waals surface area contributed by atoms with E-state index in [0.29, 0.717) is 0 Å². The first kappa shape index (κ1) is 8.28. The molecule has 0 spiro atoms. The molecule has 0 radical (unpaired) electrons. The van der Waals surface area contributed by atoms with Crippen LogP contribution in [0.4, 0.5) is 0 Å². The molecule has 0 amide bonds. The second kappa shape index (κ2) is 5.93. The number of rotatable bonds is 0. The van der Waals surface area contributed by atoms with Crippen molar-refractivity contribution >= 4 is 23.5 Å². The number of hydrogen-bond acceptors (Lipinski definition) is 2. The Morgan fingerprint density at radius 1 is 0.600 bits per heavy atom. The fourth-order valence-electron chi connectivity index (χ4n) is 0.680. The van der Waals surface area contributed by atoms with Crippen LogP contribution in [0.2, 0.25) is 0 Å². The van der Waals surface area contributed by atoms with Crippen LogP contribution in [0.1, 0.15) is 0 Å². The van der Waals surface area contributed by atoms with Crippen molar-refractivity contribution in [2.75, 3.05) is 23.0 Å². The van der Waals surface area contributed by atoms with Crippen molar-refractivity contribution in [3.05, 3.63) is 24.3 Å². The minimum Gasteiger partial charge on any atom is -0.154 e. The van der Waals surface area contributed by atoms with Gasteiger partial charge < -0.3 is 0 Å². The minimum atomic E-state index is 1.24. The molecule has 56 valence electrons. The highest BCUT2D eigenvalue weighted by molar-refractivity contribution is 8.00. The summed E-state index contributed by atoms with van der Waals surface area (Å²) in [5, 5.41) is 0. The van der Waals surface area contributed by atoms with Crippen molar-refractivity contribution in [3.8, 4) is 0 Å². The van der Waals surface area contributed by atoms with Crippen LogP contribution in [0.5, 0.6) is 0 Å². The molecule has 2 rings (SSSR count). The van der Waals surface area contributed by atoms with Gasteiger partial charge in [-0.25, -0.2) is 0 Å². The Kier molecular flexibility index (Phi) is 4.91. The molecule has 0 saturated heterocycles. The molecule has 2 heterocycles. The largest absolute Gasteiger partial charge is 0.154 e. The van der Waals surface area contributed by atoms with Gasteiger partial charge in [0.25, 0.3) is 0 Å². The van der Waals surface area contributed by atoms with Gasteiger partial charge in [-0.1, -0.05) is 24.3 Å². The van der Waals surface area contributed by atoms with Gasteiger partial charge in [0.2, 0.25) is 0 Å². The Morgan fingerprint density at radius 3 is 1.00 bits per heavy atom. The van der Waals surface area contributed by atoms with Gasteiger partial charge in [0.15, 0.2) is 0 Å². The average molecular weight is 172 g/mol. The van der Waals surface area contributed by atoms with Gasteiger partial charge >= 0.3 is 0 Å². The molecule has 2 aliphatic heterocycles. The molecule has 2 aliphatic rings. The van der Waals surface area contributed by atoms with Crippen LogP contribution in [0.3, 0.4) is 0 Å². The predicted molar refractivity (Wildman–Crippen MR) is 52.9 cm³/mol. The van der Waals surface area contributed by atoms with E-state index in [-0.39, 0.29) is 0 Å². The van der Waals surface area contributed by atoms with Gasteiger partial charge in [0.05, 0.1) is 0 Å². The molecule has 0 nitrogen and oxygen atoms in total. The Balaban J connectivity index is 0.0000001000. The molecule has 0 aromatic rings. The Bertz CT molecular complexity index is 99.2. The normalized spacial score (nSPS) is 20.8. The van der Waals surface area contributed by atoms with Crippen molar-refractivity contribution in [1.82, 2.24) is 0 Å². The predicted octanol–water partition coefficient (Wildman–Crippen LogP) is 2.58. The fourth-order valence-corrected chi connectivity index (χ4v) is 2.04. The number of hydrogen-bond donors (Lipinski definition) is 0. The summed E-state index contributed by atoms with van der Waals surface area (Å²) in [6, 6.07) is 0. The zero-order valence-electron chi connectivity index (χ0n) is 5.95. The maximum Gasteiger partial charge on any atom is 0.0116 e.